The first-order chi connectivity index (χ1) is 27.6. The standard InChI is InChI=1S/C53H44N2O2/c1-33-13-20-38(21-14-33)31-54-50(42-10-8-9-41(30-42)43-26-19-36(4)29-37(43)5)48-49(53(54)57)51(55(52(48)56)32-39-22-15-34(2)16-23-39)47-28-27-44(40-24-17-35(3)18-25-40)45-11-6-7-12-46(45)47/h6-30H,31-32H2,1-5H3. The lowest BCUT2D eigenvalue weighted by atomic mass is 9.92. The molecule has 0 fully saturated rings. The van der Waals surface area contributed by atoms with Crippen LogP contribution in [0.25, 0.3) is 44.4 Å². The van der Waals surface area contributed by atoms with Gasteiger partial charge in [0.15, 0.2) is 0 Å². The molecule has 7 aromatic carbocycles. The van der Waals surface area contributed by atoms with Crippen molar-refractivity contribution in [3.63, 3.8) is 0 Å². The number of benzene rings is 7. The van der Waals surface area contributed by atoms with Crippen LogP contribution in [-0.4, -0.2) is 21.6 Å². The van der Waals surface area contributed by atoms with E-state index in [1.807, 2.05) is 28.0 Å². The van der Waals surface area contributed by atoms with Crippen LogP contribution in [0.1, 0.15) is 50.1 Å². The molecular formula is C53H44N2O2. The molecule has 7 aromatic rings. The Morgan fingerprint density at radius 3 is 1.46 bits per heavy atom. The first-order valence-electron chi connectivity index (χ1n) is 19.7. The number of fused-ring (bicyclic) bond motifs is 2. The third-order valence-corrected chi connectivity index (χ3v) is 11.5. The van der Waals surface area contributed by atoms with Crippen molar-refractivity contribution in [3.8, 4) is 22.3 Å². The maximum Gasteiger partial charge on any atom is 0.261 e. The van der Waals surface area contributed by atoms with Crippen molar-refractivity contribution in [2.24, 2.45) is 0 Å². The second kappa shape index (κ2) is 14.4. The third-order valence-electron chi connectivity index (χ3n) is 11.5. The molecule has 2 aliphatic rings. The number of hydrogen-bond acceptors (Lipinski definition) is 2. The van der Waals surface area contributed by atoms with Gasteiger partial charge in [0.1, 0.15) is 0 Å². The molecule has 2 aliphatic heterocycles. The Morgan fingerprint density at radius 1 is 0.386 bits per heavy atom. The molecule has 0 unspecified atom stereocenters. The zero-order valence-corrected chi connectivity index (χ0v) is 33.1. The van der Waals surface area contributed by atoms with Gasteiger partial charge >= 0.3 is 0 Å². The summed E-state index contributed by atoms with van der Waals surface area (Å²) in [4.78, 5) is 34.4. The molecule has 278 valence electrons. The lowest BCUT2D eigenvalue weighted by molar-refractivity contribution is -0.124. The second-order valence-corrected chi connectivity index (χ2v) is 15.7. The smallest absolute Gasteiger partial charge is 0.261 e. The van der Waals surface area contributed by atoms with Crippen molar-refractivity contribution in [2.75, 3.05) is 0 Å². The fourth-order valence-electron chi connectivity index (χ4n) is 8.49. The zero-order chi connectivity index (χ0) is 39.4. The predicted octanol–water partition coefficient (Wildman–Crippen LogP) is 11.9. The van der Waals surface area contributed by atoms with Gasteiger partial charge in [-0.05, 0) is 96.0 Å². The average Bonchev–Trinajstić information content (AvgIpc) is 3.65. The van der Waals surface area contributed by atoms with E-state index in [9.17, 15) is 0 Å². The zero-order valence-electron chi connectivity index (χ0n) is 33.1. The van der Waals surface area contributed by atoms with Gasteiger partial charge in [0.05, 0.1) is 35.6 Å². The Hall–Kier alpha value is -6.78. The molecule has 4 nitrogen and oxygen atoms in total. The second-order valence-electron chi connectivity index (χ2n) is 15.7. The van der Waals surface area contributed by atoms with Crippen LogP contribution in [0, 0.1) is 34.6 Å². The minimum absolute atomic E-state index is 0.168. The molecule has 4 heteroatoms. The summed E-state index contributed by atoms with van der Waals surface area (Å²) < 4.78 is 0. The lowest BCUT2D eigenvalue weighted by Crippen LogP contribution is -2.29. The van der Waals surface area contributed by atoms with Crippen LogP contribution < -0.4 is 0 Å². The van der Waals surface area contributed by atoms with E-state index < -0.39 is 0 Å². The molecule has 0 atom stereocenters. The highest BCUT2D eigenvalue weighted by atomic mass is 16.2. The molecule has 9 rings (SSSR count). The monoisotopic (exact) mass is 740 g/mol. The van der Waals surface area contributed by atoms with Gasteiger partial charge in [-0.1, -0.05) is 168 Å². The average molecular weight is 741 g/mol. The Balaban J connectivity index is 1.30. The molecule has 2 heterocycles. The highest BCUT2D eigenvalue weighted by molar-refractivity contribution is 6.31. The van der Waals surface area contributed by atoms with Crippen LogP contribution in [0.15, 0.2) is 163 Å². The first kappa shape index (κ1) is 35.9. The van der Waals surface area contributed by atoms with E-state index in [0.29, 0.717) is 35.6 Å². The molecule has 0 spiro atoms. The van der Waals surface area contributed by atoms with Crippen LogP contribution in [-0.2, 0) is 22.7 Å². The number of amides is 2. The number of rotatable bonds is 8. The van der Waals surface area contributed by atoms with Crippen molar-refractivity contribution in [3.05, 3.63) is 213 Å². The summed E-state index contributed by atoms with van der Waals surface area (Å²) in [5.74, 6) is -0.335. The van der Waals surface area contributed by atoms with E-state index in [0.717, 1.165) is 66.4 Å². The van der Waals surface area contributed by atoms with Crippen molar-refractivity contribution in [1.82, 2.24) is 9.80 Å². The fourth-order valence-corrected chi connectivity index (χ4v) is 8.49. The highest BCUT2D eigenvalue weighted by Crippen LogP contribution is 2.49. The maximum absolute atomic E-state index is 15.4. The minimum atomic E-state index is -0.168. The molecule has 0 saturated heterocycles. The van der Waals surface area contributed by atoms with Crippen LogP contribution >= 0.6 is 0 Å². The van der Waals surface area contributed by atoms with Crippen molar-refractivity contribution >= 4 is 34.0 Å². The molecule has 0 N–H and O–H groups in total. The molecule has 0 aromatic heterocycles. The quantitative estimate of drug-likeness (QED) is 0.156. The largest absolute Gasteiger partial charge is 0.302 e. The summed E-state index contributed by atoms with van der Waals surface area (Å²) in [6.45, 7) is 11.1. The minimum Gasteiger partial charge on any atom is -0.302 e. The van der Waals surface area contributed by atoms with E-state index in [4.69, 9.17) is 0 Å². The topological polar surface area (TPSA) is 40.6 Å². The molecule has 0 radical (unpaired) electrons. The van der Waals surface area contributed by atoms with E-state index in [2.05, 4.69) is 168 Å². The highest BCUT2D eigenvalue weighted by Gasteiger charge is 2.49. The third kappa shape index (κ3) is 6.47. The van der Waals surface area contributed by atoms with E-state index in [1.54, 1.807) is 0 Å². The molecule has 2 amide bonds. The normalized spacial score (nSPS) is 14.1. The number of nitrogens with zero attached hydrogens (tertiary/aromatic N) is 2. The maximum atomic E-state index is 15.4. The molecule has 0 aliphatic carbocycles. The predicted molar refractivity (Wildman–Crippen MR) is 233 cm³/mol. The van der Waals surface area contributed by atoms with Crippen LogP contribution in [0.4, 0.5) is 0 Å². The molecule has 0 bridgehead atoms. The van der Waals surface area contributed by atoms with Crippen LogP contribution in [0.3, 0.4) is 0 Å². The summed E-state index contributed by atoms with van der Waals surface area (Å²) >= 11 is 0. The first-order valence-corrected chi connectivity index (χ1v) is 19.7. The van der Waals surface area contributed by atoms with E-state index >= 15 is 9.59 Å². The van der Waals surface area contributed by atoms with Gasteiger partial charge in [0.25, 0.3) is 11.8 Å². The van der Waals surface area contributed by atoms with Gasteiger partial charge in [-0.15, -0.1) is 0 Å². The Morgan fingerprint density at radius 2 is 0.860 bits per heavy atom. The molecular weight excluding hydrogens is 697 g/mol. The number of carbonyl (C=O) groups is 2. The number of hydrogen-bond donors (Lipinski definition) is 0. The summed E-state index contributed by atoms with van der Waals surface area (Å²) in [7, 11) is 0. The van der Waals surface area contributed by atoms with Crippen molar-refractivity contribution in [2.45, 2.75) is 47.7 Å². The Labute approximate surface area is 335 Å². The number of aryl methyl sites for hydroxylation is 5. The van der Waals surface area contributed by atoms with Crippen molar-refractivity contribution < 1.29 is 9.59 Å². The van der Waals surface area contributed by atoms with Crippen molar-refractivity contribution in [1.29, 1.82) is 0 Å². The summed E-state index contributed by atoms with van der Waals surface area (Å²) in [5, 5.41) is 2.06. The van der Waals surface area contributed by atoms with Crippen LogP contribution in [0.5, 0.6) is 0 Å². The Bertz CT molecular complexity index is 2810. The van der Waals surface area contributed by atoms with E-state index in [1.165, 1.54) is 16.7 Å². The SMILES string of the molecule is Cc1ccc(CN2C(=O)C3=C(c4ccc(-c5ccc(C)cc5)c5ccccc45)N(Cc4ccc(C)cc4)C(=O)C3=C2c2cccc(-c3ccc(C)cc3C)c2)cc1. The summed E-state index contributed by atoms with van der Waals surface area (Å²) in [5.41, 5.74) is 16.2. The lowest BCUT2D eigenvalue weighted by Gasteiger charge is -2.26. The van der Waals surface area contributed by atoms with E-state index in [-0.39, 0.29) is 11.8 Å². The Kier molecular flexibility index (Phi) is 9.05. The van der Waals surface area contributed by atoms with Crippen LogP contribution in [0.2, 0.25) is 0 Å². The van der Waals surface area contributed by atoms with Gasteiger partial charge in [0.2, 0.25) is 0 Å². The van der Waals surface area contributed by atoms with Gasteiger partial charge in [0, 0.05) is 5.56 Å². The summed E-state index contributed by atoms with van der Waals surface area (Å²) in [6.07, 6.45) is 0. The van der Waals surface area contributed by atoms with Gasteiger partial charge < -0.3 is 9.80 Å². The molecule has 0 saturated carbocycles. The van der Waals surface area contributed by atoms with Gasteiger partial charge in [-0.3, -0.25) is 9.59 Å². The van der Waals surface area contributed by atoms with Gasteiger partial charge in [-0.25, -0.2) is 0 Å². The summed E-state index contributed by atoms with van der Waals surface area (Å²) in [6, 6.07) is 52.6. The van der Waals surface area contributed by atoms with Gasteiger partial charge in [-0.2, -0.15) is 0 Å². The number of carbonyl (C=O) groups excluding carboxylic acids is 2. The molecule has 57 heavy (non-hydrogen) atoms. The fraction of sp³-hybridized carbons (Fsp3) is 0.132.